The summed E-state index contributed by atoms with van der Waals surface area (Å²) in [4.78, 5) is 20.7. The lowest BCUT2D eigenvalue weighted by molar-refractivity contribution is 0.148. The number of rotatable bonds is 5. The van der Waals surface area contributed by atoms with E-state index in [0.29, 0.717) is 11.8 Å². The Bertz CT molecular complexity index is 730. The molecule has 0 aliphatic carbocycles. The van der Waals surface area contributed by atoms with Gasteiger partial charge in [0.1, 0.15) is 0 Å². The Morgan fingerprint density at radius 1 is 1.00 bits per heavy atom. The van der Waals surface area contributed by atoms with Crippen molar-refractivity contribution in [2.75, 3.05) is 39.3 Å². The summed E-state index contributed by atoms with van der Waals surface area (Å²) in [7, 11) is 0. The van der Waals surface area contributed by atoms with E-state index in [1.54, 1.807) is 0 Å². The first-order valence-corrected chi connectivity index (χ1v) is 9.99. The number of urea groups is 1. The Morgan fingerprint density at radius 3 is 2.52 bits per heavy atom. The molecule has 27 heavy (non-hydrogen) atoms. The van der Waals surface area contributed by atoms with Gasteiger partial charge in [0.05, 0.1) is 0 Å². The van der Waals surface area contributed by atoms with E-state index >= 15 is 0 Å². The van der Waals surface area contributed by atoms with Crippen molar-refractivity contribution in [1.82, 2.24) is 20.1 Å². The van der Waals surface area contributed by atoms with E-state index in [1.807, 2.05) is 29.4 Å². The first-order chi connectivity index (χ1) is 13.3. The van der Waals surface area contributed by atoms with Crippen LogP contribution in [0.1, 0.15) is 35.8 Å². The molecule has 2 saturated heterocycles. The lowest BCUT2D eigenvalue weighted by Gasteiger charge is -2.39. The Labute approximate surface area is 161 Å². The molecular formula is C22H28N4O. The number of amides is 2. The van der Waals surface area contributed by atoms with Crippen molar-refractivity contribution in [2.24, 2.45) is 0 Å². The van der Waals surface area contributed by atoms with Crippen LogP contribution in [-0.4, -0.2) is 60.1 Å². The minimum atomic E-state index is 0.0666. The highest BCUT2D eigenvalue weighted by Crippen LogP contribution is 2.27. The summed E-state index contributed by atoms with van der Waals surface area (Å²) in [5.41, 5.74) is 2.71. The van der Waals surface area contributed by atoms with Crippen LogP contribution in [0.5, 0.6) is 0 Å². The molecule has 2 aromatic rings. The third-order valence-electron chi connectivity index (χ3n) is 5.83. The molecule has 1 aromatic heterocycles. The number of likely N-dealkylation sites (tertiary alicyclic amines) is 2. The average molecular weight is 364 g/mol. The normalized spacial score (nSPS) is 20.9. The van der Waals surface area contributed by atoms with Gasteiger partial charge in [0.15, 0.2) is 0 Å². The van der Waals surface area contributed by atoms with Crippen LogP contribution in [0.4, 0.5) is 4.79 Å². The van der Waals surface area contributed by atoms with Crippen molar-refractivity contribution >= 4 is 6.03 Å². The van der Waals surface area contributed by atoms with Crippen LogP contribution >= 0.6 is 0 Å². The highest BCUT2D eigenvalue weighted by atomic mass is 16.2. The summed E-state index contributed by atoms with van der Waals surface area (Å²) in [5.74, 6) is 1.07. The lowest BCUT2D eigenvalue weighted by atomic mass is 9.91. The van der Waals surface area contributed by atoms with E-state index < -0.39 is 0 Å². The van der Waals surface area contributed by atoms with E-state index in [1.165, 1.54) is 24.0 Å². The number of piperidine rings is 1. The third-order valence-corrected chi connectivity index (χ3v) is 5.83. The predicted octanol–water partition coefficient (Wildman–Crippen LogP) is 3.07. The van der Waals surface area contributed by atoms with Gasteiger partial charge in [-0.1, -0.05) is 30.3 Å². The highest BCUT2D eigenvalue weighted by molar-refractivity contribution is 5.75. The summed E-state index contributed by atoms with van der Waals surface area (Å²) in [5, 5.41) is 3.09. The van der Waals surface area contributed by atoms with Crippen LogP contribution in [0.25, 0.3) is 0 Å². The van der Waals surface area contributed by atoms with Gasteiger partial charge in [0, 0.05) is 51.0 Å². The topological polar surface area (TPSA) is 48.5 Å². The fourth-order valence-electron chi connectivity index (χ4n) is 4.18. The number of pyridine rings is 1. The molecule has 5 heteroatoms. The van der Waals surface area contributed by atoms with Gasteiger partial charge in [0.2, 0.25) is 0 Å². The van der Waals surface area contributed by atoms with Crippen LogP contribution in [0.3, 0.4) is 0 Å². The summed E-state index contributed by atoms with van der Waals surface area (Å²) in [6.45, 7) is 5.47. The molecule has 1 atom stereocenters. The number of carbonyl (C=O) groups is 1. The number of benzene rings is 1. The van der Waals surface area contributed by atoms with Gasteiger partial charge in [0.25, 0.3) is 0 Å². The summed E-state index contributed by atoms with van der Waals surface area (Å²) < 4.78 is 0. The van der Waals surface area contributed by atoms with Crippen molar-refractivity contribution in [1.29, 1.82) is 0 Å². The van der Waals surface area contributed by atoms with E-state index in [9.17, 15) is 4.79 Å². The van der Waals surface area contributed by atoms with Gasteiger partial charge in [-0.2, -0.15) is 0 Å². The fourth-order valence-corrected chi connectivity index (χ4v) is 4.18. The molecule has 0 unspecified atom stereocenters. The van der Waals surface area contributed by atoms with Gasteiger partial charge in [-0.15, -0.1) is 0 Å². The Kier molecular flexibility index (Phi) is 5.68. The smallest absolute Gasteiger partial charge is 0.317 e. The molecule has 0 bridgehead atoms. The first kappa shape index (κ1) is 18.0. The monoisotopic (exact) mass is 364 g/mol. The third kappa shape index (κ3) is 4.48. The first-order valence-electron chi connectivity index (χ1n) is 9.99. The van der Waals surface area contributed by atoms with Gasteiger partial charge in [-0.3, -0.25) is 4.98 Å². The largest absolute Gasteiger partial charge is 0.337 e. The molecule has 5 nitrogen and oxygen atoms in total. The minimum Gasteiger partial charge on any atom is -0.337 e. The van der Waals surface area contributed by atoms with Crippen LogP contribution in [0.15, 0.2) is 54.9 Å². The predicted molar refractivity (Wildman–Crippen MR) is 107 cm³/mol. The number of hydrogen-bond donors (Lipinski definition) is 1. The molecule has 0 saturated carbocycles. The van der Waals surface area contributed by atoms with Gasteiger partial charge < -0.3 is 15.1 Å². The molecule has 1 aromatic carbocycles. The van der Waals surface area contributed by atoms with Crippen molar-refractivity contribution in [2.45, 2.75) is 24.7 Å². The Balaban J connectivity index is 1.17. The minimum absolute atomic E-state index is 0.0666. The second-order valence-corrected chi connectivity index (χ2v) is 7.66. The molecule has 2 aliphatic heterocycles. The Morgan fingerprint density at radius 2 is 1.74 bits per heavy atom. The molecule has 2 aliphatic rings. The number of nitrogens with zero attached hydrogens (tertiary/aromatic N) is 3. The SMILES string of the molecule is O=C(NCCN1CCC[C@H](c2ccccc2)C1)N1CC(c2ccncc2)C1. The molecule has 0 radical (unpaired) electrons. The summed E-state index contributed by atoms with van der Waals surface area (Å²) in [6, 6.07) is 14.9. The second-order valence-electron chi connectivity index (χ2n) is 7.66. The zero-order chi connectivity index (χ0) is 18.5. The second kappa shape index (κ2) is 8.53. The Hall–Kier alpha value is -2.40. The zero-order valence-electron chi connectivity index (χ0n) is 15.8. The van der Waals surface area contributed by atoms with Crippen molar-refractivity contribution in [3.63, 3.8) is 0 Å². The van der Waals surface area contributed by atoms with Crippen molar-refractivity contribution < 1.29 is 4.79 Å². The number of nitrogens with one attached hydrogen (secondary N) is 1. The van der Waals surface area contributed by atoms with Crippen molar-refractivity contribution in [3.05, 3.63) is 66.0 Å². The van der Waals surface area contributed by atoms with Crippen molar-refractivity contribution in [3.8, 4) is 0 Å². The van der Waals surface area contributed by atoms with Gasteiger partial charge in [-0.25, -0.2) is 4.79 Å². The number of carbonyl (C=O) groups excluding carboxylic acids is 1. The molecular weight excluding hydrogens is 336 g/mol. The highest BCUT2D eigenvalue weighted by Gasteiger charge is 2.31. The molecule has 1 N–H and O–H groups in total. The van der Waals surface area contributed by atoms with E-state index in [0.717, 1.165) is 39.3 Å². The molecule has 0 spiro atoms. The molecule has 142 valence electrons. The van der Waals surface area contributed by atoms with E-state index in [2.05, 4.69) is 45.5 Å². The lowest BCUT2D eigenvalue weighted by Crippen LogP contribution is -2.53. The van der Waals surface area contributed by atoms with Crippen LogP contribution in [0.2, 0.25) is 0 Å². The van der Waals surface area contributed by atoms with Crippen LogP contribution in [-0.2, 0) is 0 Å². The molecule has 2 amide bonds. The quantitative estimate of drug-likeness (QED) is 0.887. The maximum atomic E-state index is 12.3. The standard InChI is InChI=1S/C22H28N4O/c27-22(26-16-21(17-26)19-8-10-23-11-9-19)24-12-14-25-13-4-7-20(15-25)18-5-2-1-3-6-18/h1-3,5-6,8-11,20-21H,4,7,12-17H2,(H,24,27)/t20-/m0/s1. The fraction of sp³-hybridized carbons (Fsp3) is 0.455. The van der Waals surface area contributed by atoms with E-state index in [4.69, 9.17) is 0 Å². The van der Waals surface area contributed by atoms with Crippen LogP contribution in [0, 0.1) is 0 Å². The number of hydrogen-bond acceptors (Lipinski definition) is 3. The van der Waals surface area contributed by atoms with Crippen LogP contribution < -0.4 is 5.32 Å². The summed E-state index contributed by atoms with van der Waals surface area (Å²) >= 11 is 0. The molecule has 3 heterocycles. The van der Waals surface area contributed by atoms with Gasteiger partial charge in [-0.05, 0) is 48.6 Å². The number of aromatic nitrogens is 1. The van der Waals surface area contributed by atoms with Gasteiger partial charge >= 0.3 is 6.03 Å². The zero-order valence-corrected chi connectivity index (χ0v) is 15.8. The average Bonchev–Trinajstić information content (AvgIpc) is 2.69. The molecule has 2 fully saturated rings. The maximum absolute atomic E-state index is 12.3. The maximum Gasteiger partial charge on any atom is 0.317 e. The van der Waals surface area contributed by atoms with E-state index in [-0.39, 0.29) is 6.03 Å². The molecule has 4 rings (SSSR count). The summed E-state index contributed by atoms with van der Waals surface area (Å²) in [6.07, 6.45) is 6.13.